The van der Waals surface area contributed by atoms with Gasteiger partial charge in [-0.1, -0.05) is 0 Å². The quantitative estimate of drug-likeness (QED) is 0.879. The number of aromatic nitrogens is 1. The summed E-state index contributed by atoms with van der Waals surface area (Å²) >= 11 is 1.49. The first kappa shape index (κ1) is 13.8. The van der Waals surface area contributed by atoms with E-state index in [2.05, 4.69) is 10.3 Å². The van der Waals surface area contributed by atoms with Crippen molar-refractivity contribution in [2.45, 2.75) is 38.3 Å². The Morgan fingerprint density at radius 2 is 2.26 bits per heavy atom. The van der Waals surface area contributed by atoms with Gasteiger partial charge in [0.2, 0.25) is 0 Å². The van der Waals surface area contributed by atoms with Gasteiger partial charge in [0.15, 0.2) is 0 Å². The number of hydrogen-bond acceptors (Lipinski definition) is 4. The van der Waals surface area contributed by atoms with Crippen LogP contribution in [-0.4, -0.2) is 39.6 Å². The second kappa shape index (κ2) is 5.16. The molecule has 1 fully saturated rings. The van der Waals surface area contributed by atoms with Crippen LogP contribution >= 0.6 is 11.3 Å². The Bertz CT molecular complexity index is 496. The second-order valence-electron chi connectivity index (χ2n) is 4.89. The zero-order valence-electron chi connectivity index (χ0n) is 11.0. The van der Waals surface area contributed by atoms with Crippen LogP contribution in [-0.2, 0) is 11.3 Å². The van der Waals surface area contributed by atoms with E-state index in [9.17, 15) is 14.7 Å². The SMILES string of the molecule is Cc1ncsc1CN(C)C(=O)NC1(C(=O)O)CCC1. The van der Waals surface area contributed by atoms with Crippen molar-refractivity contribution in [2.75, 3.05) is 7.05 Å². The van der Waals surface area contributed by atoms with Crippen LogP contribution in [0.4, 0.5) is 4.79 Å². The lowest BCUT2D eigenvalue weighted by atomic mass is 9.77. The van der Waals surface area contributed by atoms with Crippen molar-refractivity contribution < 1.29 is 14.7 Å². The number of thiazole rings is 1. The molecule has 0 spiro atoms. The average molecular weight is 283 g/mol. The highest BCUT2D eigenvalue weighted by atomic mass is 32.1. The molecule has 0 aliphatic heterocycles. The number of carboxylic acid groups (broad SMARTS) is 1. The molecule has 19 heavy (non-hydrogen) atoms. The summed E-state index contributed by atoms with van der Waals surface area (Å²) in [5.74, 6) is -0.950. The smallest absolute Gasteiger partial charge is 0.329 e. The molecule has 6 nitrogen and oxygen atoms in total. The van der Waals surface area contributed by atoms with Crippen LogP contribution in [0.15, 0.2) is 5.51 Å². The van der Waals surface area contributed by atoms with Crippen LogP contribution in [0.1, 0.15) is 29.8 Å². The molecule has 0 atom stereocenters. The fourth-order valence-electron chi connectivity index (χ4n) is 1.99. The molecule has 1 aliphatic rings. The Hall–Kier alpha value is -1.63. The Morgan fingerprint density at radius 1 is 1.58 bits per heavy atom. The van der Waals surface area contributed by atoms with E-state index in [-0.39, 0.29) is 6.03 Å². The van der Waals surface area contributed by atoms with Crippen molar-refractivity contribution in [1.82, 2.24) is 15.2 Å². The molecular weight excluding hydrogens is 266 g/mol. The molecule has 1 aliphatic carbocycles. The predicted molar refractivity (Wildman–Crippen MR) is 71.1 cm³/mol. The van der Waals surface area contributed by atoms with Gasteiger partial charge in [-0.15, -0.1) is 11.3 Å². The number of nitrogens with zero attached hydrogens (tertiary/aromatic N) is 2. The van der Waals surface area contributed by atoms with Crippen molar-refractivity contribution in [2.24, 2.45) is 0 Å². The fourth-order valence-corrected chi connectivity index (χ4v) is 2.82. The Morgan fingerprint density at radius 3 is 2.68 bits per heavy atom. The minimum Gasteiger partial charge on any atom is -0.480 e. The van der Waals surface area contributed by atoms with Crippen LogP contribution in [0.3, 0.4) is 0 Å². The van der Waals surface area contributed by atoms with E-state index in [1.54, 1.807) is 12.6 Å². The molecule has 1 heterocycles. The monoisotopic (exact) mass is 283 g/mol. The standard InChI is InChI=1S/C12H17N3O3S/c1-8-9(19-7-13-8)6-15(2)11(18)14-12(10(16)17)4-3-5-12/h7H,3-6H2,1-2H3,(H,14,18)(H,16,17). The van der Waals surface area contributed by atoms with Crippen LogP contribution in [0, 0.1) is 6.92 Å². The predicted octanol–water partition coefficient (Wildman–Crippen LogP) is 1.60. The molecule has 0 unspecified atom stereocenters. The summed E-state index contributed by atoms with van der Waals surface area (Å²) in [6.45, 7) is 2.33. The molecule has 0 saturated heterocycles. The summed E-state index contributed by atoms with van der Waals surface area (Å²) in [6.07, 6.45) is 1.84. The van der Waals surface area contributed by atoms with Gasteiger partial charge in [-0.3, -0.25) is 0 Å². The Labute approximate surface area is 115 Å². The molecular formula is C12H17N3O3S. The summed E-state index contributed by atoms with van der Waals surface area (Å²) in [4.78, 5) is 29.8. The number of nitrogens with one attached hydrogen (secondary N) is 1. The zero-order chi connectivity index (χ0) is 14.0. The van der Waals surface area contributed by atoms with Crippen LogP contribution in [0.5, 0.6) is 0 Å². The van der Waals surface area contributed by atoms with Crippen LogP contribution in [0.2, 0.25) is 0 Å². The Kier molecular flexibility index (Phi) is 3.75. The van der Waals surface area contributed by atoms with Crippen molar-refractivity contribution in [1.29, 1.82) is 0 Å². The van der Waals surface area contributed by atoms with E-state index in [4.69, 9.17) is 0 Å². The van der Waals surface area contributed by atoms with E-state index >= 15 is 0 Å². The van der Waals surface area contributed by atoms with Gasteiger partial charge in [0, 0.05) is 11.9 Å². The zero-order valence-corrected chi connectivity index (χ0v) is 11.8. The van der Waals surface area contributed by atoms with Gasteiger partial charge >= 0.3 is 12.0 Å². The van der Waals surface area contributed by atoms with Crippen molar-refractivity contribution >= 4 is 23.3 Å². The average Bonchev–Trinajstić information content (AvgIpc) is 2.68. The summed E-state index contributed by atoms with van der Waals surface area (Å²) < 4.78 is 0. The lowest BCUT2D eigenvalue weighted by Crippen LogP contribution is -2.61. The second-order valence-corrected chi connectivity index (χ2v) is 5.83. The van der Waals surface area contributed by atoms with Crippen molar-refractivity contribution in [3.05, 3.63) is 16.1 Å². The largest absolute Gasteiger partial charge is 0.480 e. The van der Waals surface area contributed by atoms with Gasteiger partial charge in [0.1, 0.15) is 5.54 Å². The minimum absolute atomic E-state index is 0.352. The normalized spacial score (nSPS) is 16.5. The number of carbonyl (C=O) groups excluding carboxylic acids is 1. The van der Waals surface area contributed by atoms with Crippen LogP contribution in [0.25, 0.3) is 0 Å². The van der Waals surface area contributed by atoms with Gasteiger partial charge < -0.3 is 15.3 Å². The number of aliphatic carboxylic acids is 1. The maximum Gasteiger partial charge on any atom is 0.329 e. The first-order valence-corrected chi connectivity index (χ1v) is 6.98. The third kappa shape index (κ3) is 2.70. The molecule has 2 amide bonds. The Balaban J connectivity index is 1.96. The van der Waals surface area contributed by atoms with Crippen LogP contribution < -0.4 is 5.32 Å². The molecule has 104 valence electrons. The van der Waals surface area contributed by atoms with Gasteiger partial charge in [-0.2, -0.15) is 0 Å². The lowest BCUT2D eigenvalue weighted by Gasteiger charge is -2.39. The number of carboxylic acids is 1. The summed E-state index contributed by atoms with van der Waals surface area (Å²) in [5.41, 5.74) is 1.58. The van der Waals surface area contributed by atoms with Gasteiger partial charge in [0.05, 0.1) is 17.7 Å². The lowest BCUT2D eigenvalue weighted by molar-refractivity contribution is -0.148. The summed E-state index contributed by atoms with van der Waals surface area (Å²) in [6, 6.07) is -0.352. The van der Waals surface area contributed by atoms with E-state index in [1.165, 1.54) is 16.2 Å². The topological polar surface area (TPSA) is 82.5 Å². The molecule has 0 bridgehead atoms. The minimum atomic E-state index is -1.06. The van der Waals surface area contributed by atoms with Crippen molar-refractivity contribution in [3.63, 3.8) is 0 Å². The summed E-state index contributed by atoms with van der Waals surface area (Å²) in [7, 11) is 1.66. The third-order valence-electron chi connectivity index (χ3n) is 3.54. The molecule has 1 saturated carbocycles. The number of aryl methyl sites for hydroxylation is 1. The first-order chi connectivity index (χ1) is 8.94. The van der Waals surface area contributed by atoms with E-state index < -0.39 is 11.5 Å². The molecule has 2 N–H and O–H groups in total. The maximum atomic E-state index is 12.0. The first-order valence-electron chi connectivity index (χ1n) is 6.10. The third-order valence-corrected chi connectivity index (χ3v) is 4.45. The molecule has 0 radical (unpaired) electrons. The molecule has 1 aromatic rings. The molecule has 2 rings (SSSR count). The highest BCUT2D eigenvalue weighted by Crippen LogP contribution is 2.32. The fraction of sp³-hybridized carbons (Fsp3) is 0.583. The molecule has 0 aromatic carbocycles. The van der Waals surface area contributed by atoms with E-state index in [0.29, 0.717) is 19.4 Å². The maximum absolute atomic E-state index is 12.0. The highest BCUT2D eigenvalue weighted by Gasteiger charge is 2.46. The van der Waals surface area contributed by atoms with Crippen molar-refractivity contribution in [3.8, 4) is 0 Å². The molecule has 7 heteroatoms. The number of rotatable bonds is 4. The van der Waals surface area contributed by atoms with Gasteiger partial charge in [-0.25, -0.2) is 14.6 Å². The highest BCUT2D eigenvalue weighted by molar-refractivity contribution is 7.09. The number of amides is 2. The van der Waals surface area contributed by atoms with E-state index in [1.807, 2.05) is 6.92 Å². The number of hydrogen-bond donors (Lipinski definition) is 2. The van der Waals surface area contributed by atoms with Gasteiger partial charge in [0.25, 0.3) is 0 Å². The number of carbonyl (C=O) groups is 2. The summed E-state index contributed by atoms with van der Waals surface area (Å²) in [5, 5.41) is 11.8. The van der Waals surface area contributed by atoms with Gasteiger partial charge in [-0.05, 0) is 26.2 Å². The molecule has 1 aromatic heterocycles. The van der Waals surface area contributed by atoms with E-state index in [0.717, 1.165) is 17.0 Å². The number of urea groups is 1.